The molecule has 2 rings (SSSR count). The third kappa shape index (κ3) is 1.31. The lowest BCUT2D eigenvalue weighted by Crippen LogP contribution is -2.11. The number of fused-ring (bicyclic) bond motifs is 1. The molecule has 1 N–H and O–H groups in total. The first-order valence-electron chi connectivity index (χ1n) is 4.38. The molecular formula is C12H13NO. The molecule has 0 unspecified atom stereocenters. The SMILES string of the molecule is C=CC1=C(C=C)Oc2ccccc2N1.[HH]. The summed E-state index contributed by atoms with van der Waals surface area (Å²) < 4.78 is 5.61. The normalized spacial score (nSPS) is 13.7. The second kappa shape index (κ2) is 3.42. The van der Waals surface area contributed by atoms with Gasteiger partial charge in [-0.25, -0.2) is 0 Å². The average molecular weight is 187 g/mol. The van der Waals surface area contributed by atoms with Crippen LogP contribution in [-0.2, 0) is 0 Å². The Kier molecular flexibility index (Phi) is 2.11. The molecule has 0 aromatic heterocycles. The molecule has 0 saturated carbocycles. The minimum atomic E-state index is 0. The Morgan fingerprint density at radius 1 is 1.21 bits per heavy atom. The summed E-state index contributed by atoms with van der Waals surface area (Å²) in [4.78, 5) is 0. The lowest BCUT2D eigenvalue weighted by atomic mass is 10.2. The van der Waals surface area contributed by atoms with Crippen molar-refractivity contribution in [3.63, 3.8) is 0 Å². The van der Waals surface area contributed by atoms with Crippen LogP contribution in [-0.4, -0.2) is 0 Å². The highest BCUT2D eigenvalue weighted by atomic mass is 16.5. The first-order chi connectivity index (χ1) is 6.85. The van der Waals surface area contributed by atoms with Gasteiger partial charge in [0.25, 0.3) is 0 Å². The van der Waals surface area contributed by atoms with Crippen molar-refractivity contribution in [1.29, 1.82) is 0 Å². The highest BCUT2D eigenvalue weighted by Crippen LogP contribution is 2.32. The summed E-state index contributed by atoms with van der Waals surface area (Å²) in [5, 5.41) is 3.21. The minimum absolute atomic E-state index is 0. The van der Waals surface area contributed by atoms with Crippen LogP contribution in [0.2, 0.25) is 0 Å². The molecule has 0 amide bonds. The molecule has 1 aromatic rings. The van der Waals surface area contributed by atoms with Crippen molar-refractivity contribution in [1.82, 2.24) is 0 Å². The molecule has 1 aromatic carbocycles. The van der Waals surface area contributed by atoms with Crippen molar-refractivity contribution in [2.75, 3.05) is 5.32 Å². The molecule has 0 aliphatic carbocycles. The number of hydrogen-bond acceptors (Lipinski definition) is 2. The molecule has 0 bridgehead atoms. The quantitative estimate of drug-likeness (QED) is 0.766. The molecule has 14 heavy (non-hydrogen) atoms. The Balaban J connectivity index is 0.00000112. The fraction of sp³-hybridized carbons (Fsp3) is 0. The molecule has 0 atom stereocenters. The predicted octanol–water partition coefficient (Wildman–Crippen LogP) is 3.32. The van der Waals surface area contributed by atoms with Gasteiger partial charge in [-0.05, 0) is 24.3 Å². The number of ether oxygens (including phenoxy) is 1. The van der Waals surface area contributed by atoms with Crippen LogP contribution in [0.15, 0.2) is 61.0 Å². The van der Waals surface area contributed by atoms with Gasteiger partial charge in [0.2, 0.25) is 0 Å². The maximum Gasteiger partial charge on any atom is 0.150 e. The second-order valence-electron chi connectivity index (χ2n) is 2.91. The van der Waals surface area contributed by atoms with Crippen LogP contribution in [0.5, 0.6) is 5.75 Å². The van der Waals surface area contributed by atoms with Gasteiger partial charge in [0.15, 0.2) is 5.75 Å². The van der Waals surface area contributed by atoms with E-state index in [1.165, 1.54) is 0 Å². The first kappa shape index (κ1) is 8.63. The monoisotopic (exact) mass is 187 g/mol. The van der Waals surface area contributed by atoms with Gasteiger partial charge in [-0.3, -0.25) is 0 Å². The number of benzene rings is 1. The van der Waals surface area contributed by atoms with Gasteiger partial charge >= 0.3 is 0 Å². The molecule has 0 saturated heterocycles. The standard InChI is InChI=1S/C12H11NO.H2/c1-3-9-11(4-2)14-12-8-6-5-7-10(12)13-9;/h3-8,13H,1-2H2;1H. The predicted molar refractivity (Wildman–Crippen MR) is 60.2 cm³/mol. The highest BCUT2D eigenvalue weighted by molar-refractivity contribution is 5.64. The number of para-hydroxylation sites is 2. The van der Waals surface area contributed by atoms with E-state index in [0.717, 1.165) is 17.1 Å². The number of nitrogens with one attached hydrogen (secondary N) is 1. The van der Waals surface area contributed by atoms with Crippen LogP contribution >= 0.6 is 0 Å². The van der Waals surface area contributed by atoms with Crippen molar-refractivity contribution < 1.29 is 6.16 Å². The van der Waals surface area contributed by atoms with Crippen molar-refractivity contribution >= 4 is 5.69 Å². The first-order valence-corrected chi connectivity index (χ1v) is 4.38. The lowest BCUT2D eigenvalue weighted by Gasteiger charge is -2.21. The molecular weight excluding hydrogens is 174 g/mol. The number of rotatable bonds is 2. The lowest BCUT2D eigenvalue weighted by molar-refractivity contribution is 0.436. The molecule has 1 aliphatic heterocycles. The summed E-state index contributed by atoms with van der Waals surface area (Å²) in [5.74, 6) is 1.52. The van der Waals surface area contributed by atoms with Crippen LogP contribution in [0, 0.1) is 0 Å². The largest absolute Gasteiger partial charge is 0.453 e. The summed E-state index contributed by atoms with van der Waals surface area (Å²) in [7, 11) is 0. The van der Waals surface area contributed by atoms with E-state index in [-0.39, 0.29) is 1.43 Å². The Labute approximate surface area is 84.7 Å². The van der Waals surface area contributed by atoms with E-state index in [0.29, 0.717) is 5.76 Å². The van der Waals surface area contributed by atoms with Crippen molar-refractivity contribution in [3.8, 4) is 5.75 Å². The Morgan fingerprint density at radius 2 is 2.00 bits per heavy atom. The summed E-state index contributed by atoms with van der Waals surface area (Å²) >= 11 is 0. The summed E-state index contributed by atoms with van der Waals surface area (Å²) in [6.07, 6.45) is 3.38. The molecule has 1 heterocycles. The fourth-order valence-corrected chi connectivity index (χ4v) is 1.34. The summed E-state index contributed by atoms with van der Waals surface area (Å²) in [6, 6.07) is 7.75. The molecule has 2 nitrogen and oxygen atoms in total. The fourth-order valence-electron chi connectivity index (χ4n) is 1.34. The Bertz CT molecular complexity index is 384. The van der Waals surface area contributed by atoms with E-state index in [1.54, 1.807) is 12.2 Å². The Hall–Kier alpha value is -1.96. The van der Waals surface area contributed by atoms with E-state index in [9.17, 15) is 0 Å². The van der Waals surface area contributed by atoms with E-state index in [2.05, 4.69) is 18.5 Å². The second-order valence-corrected chi connectivity index (χ2v) is 2.91. The number of allylic oxidation sites excluding steroid dienone is 2. The van der Waals surface area contributed by atoms with E-state index >= 15 is 0 Å². The summed E-state index contributed by atoms with van der Waals surface area (Å²) in [6.45, 7) is 7.39. The molecule has 72 valence electrons. The van der Waals surface area contributed by atoms with Crippen molar-refractivity contribution in [3.05, 3.63) is 61.0 Å². The molecule has 1 aliphatic rings. The van der Waals surface area contributed by atoms with Crippen LogP contribution in [0.3, 0.4) is 0 Å². The highest BCUT2D eigenvalue weighted by Gasteiger charge is 2.14. The van der Waals surface area contributed by atoms with Crippen LogP contribution in [0.25, 0.3) is 0 Å². The zero-order valence-electron chi connectivity index (χ0n) is 7.79. The van der Waals surface area contributed by atoms with E-state index < -0.39 is 0 Å². The van der Waals surface area contributed by atoms with Crippen LogP contribution < -0.4 is 10.1 Å². The van der Waals surface area contributed by atoms with E-state index in [4.69, 9.17) is 4.74 Å². The van der Waals surface area contributed by atoms with Gasteiger partial charge in [-0.2, -0.15) is 0 Å². The zero-order valence-corrected chi connectivity index (χ0v) is 7.79. The van der Waals surface area contributed by atoms with Gasteiger partial charge < -0.3 is 10.1 Å². The Morgan fingerprint density at radius 3 is 2.71 bits per heavy atom. The van der Waals surface area contributed by atoms with Crippen LogP contribution in [0.4, 0.5) is 5.69 Å². The third-order valence-electron chi connectivity index (χ3n) is 2.03. The topological polar surface area (TPSA) is 21.3 Å². The molecule has 0 fully saturated rings. The molecule has 0 spiro atoms. The van der Waals surface area contributed by atoms with Gasteiger partial charge in [0, 0.05) is 1.43 Å². The average Bonchev–Trinajstić information content (AvgIpc) is 2.27. The van der Waals surface area contributed by atoms with Gasteiger partial charge in [0.05, 0.1) is 11.4 Å². The number of hydrogen-bond donors (Lipinski definition) is 1. The minimum Gasteiger partial charge on any atom is -0.453 e. The number of anilines is 1. The van der Waals surface area contributed by atoms with E-state index in [1.807, 2.05) is 24.3 Å². The van der Waals surface area contributed by atoms with Crippen LogP contribution in [0.1, 0.15) is 1.43 Å². The zero-order chi connectivity index (χ0) is 9.97. The van der Waals surface area contributed by atoms with Crippen molar-refractivity contribution in [2.24, 2.45) is 0 Å². The summed E-state index contributed by atoms with van der Waals surface area (Å²) in [5.41, 5.74) is 1.80. The van der Waals surface area contributed by atoms with Gasteiger partial charge in [0.1, 0.15) is 5.76 Å². The molecule has 2 heteroatoms. The maximum absolute atomic E-state index is 5.61. The maximum atomic E-state index is 5.61. The molecule has 0 radical (unpaired) electrons. The van der Waals surface area contributed by atoms with Gasteiger partial charge in [-0.1, -0.05) is 25.3 Å². The third-order valence-corrected chi connectivity index (χ3v) is 2.03. The smallest absolute Gasteiger partial charge is 0.150 e. The van der Waals surface area contributed by atoms with Crippen molar-refractivity contribution in [2.45, 2.75) is 0 Å². The van der Waals surface area contributed by atoms with Gasteiger partial charge in [-0.15, -0.1) is 0 Å².